The van der Waals surface area contributed by atoms with Crippen LogP contribution in [-0.2, 0) is 9.53 Å². The normalized spacial score (nSPS) is 50.5. The van der Waals surface area contributed by atoms with E-state index in [1.54, 1.807) is 0 Å². The number of rotatable bonds is 1. The molecule has 4 saturated carbocycles. The lowest BCUT2D eigenvalue weighted by atomic mass is 9.49. The maximum Gasteiger partial charge on any atom is 0.155 e. The van der Waals surface area contributed by atoms with E-state index in [0.717, 1.165) is 37.2 Å². The summed E-state index contributed by atoms with van der Waals surface area (Å²) in [6.07, 6.45) is 19.5. The van der Waals surface area contributed by atoms with E-state index in [4.69, 9.17) is 4.74 Å². The van der Waals surface area contributed by atoms with Gasteiger partial charge in [0.05, 0.1) is 12.2 Å². The van der Waals surface area contributed by atoms with Gasteiger partial charge in [0, 0.05) is 17.3 Å². The van der Waals surface area contributed by atoms with Crippen LogP contribution in [0.2, 0.25) is 0 Å². The molecule has 0 saturated heterocycles. The summed E-state index contributed by atoms with van der Waals surface area (Å²) in [5.41, 5.74) is 2.41. The molecule has 5 aliphatic carbocycles. The Kier molecular flexibility index (Phi) is 3.18. The maximum absolute atomic E-state index is 11.9. The zero-order valence-corrected chi connectivity index (χ0v) is 16.1. The van der Waals surface area contributed by atoms with Crippen molar-refractivity contribution in [3.8, 4) is 0 Å². The number of hydrogen-bond acceptors (Lipinski definition) is 2. The van der Waals surface area contributed by atoms with Crippen LogP contribution in [0.3, 0.4) is 0 Å². The average Bonchev–Trinajstić information content (AvgIpc) is 3.19. The maximum atomic E-state index is 11.9. The molecule has 0 radical (unpaired) electrons. The number of ketones is 1. The summed E-state index contributed by atoms with van der Waals surface area (Å²) in [6, 6.07) is 0. The predicted octanol–water partition coefficient (Wildman–Crippen LogP) is 5.23. The van der Waals surface area contributed by atoms with Gasteiger partial charge in [-0.3, -0.25) is 4.79 Å². The number of carbonyl (C=O) groups is 1. The van der Waals surface area contributed by atoms with E-state index in [1.807, 2.05) is 6.08 Å². The molecule has 2 heteroatoms. The van der Waals surface area contributed by atoms with Crippen LogP contribution in [0.15, 0.2) is 23.8 Å². The van der Waals surface area contributed by atoms with Gasteiger partial charge in [0.25, 0.3) is 0 Å². The van der Waals surface area contributed by atoms with Gasteiger partial charge in [-0.15, -0.1) is 0 Å². The van der Waals surface area contributed by atoms with Gasteiger partial charge in [0.1, 0.15) is 0 Å². The molecule has 2 spiro atoms. The summed E-state index contributed by atoms with van der Waals surface area (Å²) in [5.74, 6) is 3.65. The molecule has 6 unspecified atom stereocenters. The van der Waals surface area contributed by atoms with E-state index in [1.165, 1.54) is 56.9 Å². The highest BCUT2D eigenvalue weighted by molar-refractivity contribution is 5.91. The summed E-state index contributed by atoms with van der Waals surface area (Å²) in [7, 11) is 0. The molecule has 0 N–H and O–H groups in total. The van der Waals surface area contributed by atoms with Crippen LogP contribution >= 0.6 is 0 Å². The quantitative estimate of drug-likeness (QED) is 0.604. The Labute approximate surface area is 157 Å². The molecule has 0 aromatic heterocycles. The minimum atomic E-state index is 0.0586. The van der Waals surface area contributed by atoms with Crippen molar-refractivity contribution in [2.24, 2.45) is 34.5 Å². The molecular formula is C24H32O2. The van der Waals surface area contributed by atoms with Crippen LogP contribution in [0, 0.1) is 34.5 Å². The third-order valence-electron chi connectivity index (χ3n) is 9.89. The first-order valence-electron chi connectivity index (χ1n) is 11.2. The van der Waals surface area contributed by atoms with Crippen molar-refractivity contribution in [3.05, 3.63) is 23.8 Å². The van der Waals surface area contributed by atoms with Gasteiger partial charge in [-0.05, 0) is 87.5 Å². The molecule has 0 aromatic rings. The van der Waals surface area contributed by atoms with E-state index in [0.29, 0.717) is 22.5 Å². The third-order valence-corrected chi connectivity index (χ3v) is 9.89. The highest BCUT2D eigenvalue weighted by atomic mass is 16.5. The summed E-state index contributed by atoms with van der Waals surface area (Å²) < 4.78 is 6.68. The Bertz CT molecular complexity index is 714. The van der Waals surface area contributed by atoms with Crippen molar-refractivity contribution in [1.29, 1.82) is 0 Å². The van der Waals surface area contributed by atoms with Gasteiger partial charge < -0.3 is 4.74 Å². The fraction of sp³-hybridized carbons (Fsp3) is 0.792. The second-order valence-electron chi connectivity index (χ2n) is 10.3. The van der Waals surface area contributed by atoms with E-state index in [-0.39, 0.29) is 5.60 Å². The summed E-state index contributed by atoms with van der Waals surface area (Å²) in [5, 5.41) is 0. The molecule has 2 nitrogen and oxygen atoms in total. The van der Waals surface area contributed by atoms with Crippen molar-refractivity contribution in [2.45, 2.75) is 76.7 Å². The molecule has 26 heavy (non-hydrogen) atoms. The molecule has 4 fully saturated rings. The van der Waals surface area contributed by atoms with Crippen molar-refractivity contribution >= 4 is 5.78 Å². The first-order valence-corrected chi connectivity index (χ1v) is 11.2. The Hall–Kier alpha value is -0.890. The number of ether oxygens (including phenoxy) is 1. The Morgan fingerprint density at radius 2 is 2.00 bits per heavy atom. The summed E-state index contributed by atoms with van der Waals surface area (Å²) in [4.78, 5) is 11.9. The van der Waals surface area contributed by atoms with E-state index in [2.05, 4.69) is 19.1 Å². The largest absolute Gasteiger partial charge is 0.366 e. The number of fused-ring (bicyclic) bond motifs is 7. The lowest BCUT2D eigenvalue weighted by molar-refractivity contribution is -0.140. The van der Waals surface area contributed by atoms with Crippen molar-refractivity contribution in [1.82, 2.24) is 0 Å². The predicted molar refractivity (Wildman–Crippen MR) is 102 cm³/mol. The smallest absolute Gasteiger partial charge is 0.155 e. The van der Waals surface area contributed by atoms with Gasteiger partial charge in [0.15, 0.2) is 5.78 Å². The van der Waals surface area contributed by atoms with Crippen LogP contribution in [0.1, 0.15) is 71.1 Å². The van der Waals surface area contributed by atoms with E-state index in [9.17, 15) is 4.79 Å². The average molecular weight is 353 g/mol. The second-order valence-corrected chi connectivity index (χ2v) is 10.3. The van der Waals surface area contributed by atoms with Crippen LogP contribution < -0.4 is 0 Å². The first-order chi connectivity index (χ1) is 12.6. The zero-order chi connectivity index (χ0) is 17.6. The molecule has 0 aromatic carbocycles. The lowest BCUT2D eigenvalue weighted by Gasteiger charge is -2.57. The minimum Gasteiger partial charge on any atom is -0.366 e. The molecule has 140 valence electrons. The van der Waals surface area contributed by atoms with Gasteiger partial charge in [-0.25, -0.2) is 0 Å². The lowest BCUT2D eigenvalue weighted by Crippen LogP contribution is -2.55. The van der Waals surface area contributed by atoms with Gasteiger partial charge in [0.2, 0.25) is 0 Å². The molecule has 1 heterocycles. The summed E-state index contributed by atoms with van der Waals surface area (Å²) in [6.45, 7) is 3.28. The molecule has 6 aliphatic rings. The zero-order valence-electron chi connectivity index (χ0n) is 16.1. The van der Waals surface area contributed by atoms with Gasteiger partial charge in [-0.1, -0.05) is 24.6 Å². The Morgan fingerprint density at radius 3 is 2.73 bits per heavy atom. The monoisotopic (exact) mass is 352 g/mol. The number of allylic oxidation sites excluding steroid dienone is 1. The third kappa shape index (κ3) is 1.72. The van der Waals surface area contributed by atoms with Gasteiger partial charge in [-0.2, -0.15) is 0 Å². The van der Waals surface area contributed by atoms with E-state index < -0.39 is 0 Å². The molecule has 1 aliphatic heterocycles. The highest BCUT2D eigenvalue weighted by Gasteiger charge is 2.77. The van der Waals surface area contributed by atoms with Crippen LogP contribution in [0.5, 0.6) is 0 Å². The minimum absolute atomic E-state index is 0.0586. The standard InChI is InChI=1S/C24H32O2/c1-2-23-10-8-19-18-7-5-17(25)14-16(18)4-6-20(19)21(23)15-22(11-12-22)24(23)9-3-13-26-24/h3,9,14,18-21H,2,4-8,10-13,15H2,1H3. The number of carbonyl (C=O) groups excluding carboxylic acids is 1. The Balaban J connectivity index is 1.41. The van der Waals surface area contributed by atoms with Crippen molar-refractivity contribution < 1.29 is 9.53 Å². The first kappa shape index (κ1) is 16.1. The van der Waals surface area contributed by atoms with Crippen LogP contribution in [-0.4, -0.2) is 18.0 Å². The molecule has 0 amide bonds. The van der Waals surface area contributed by atoms with Crippen molar-refractivity contribution in [2.75, 3.05) is 6.61 Å². The fourth-order valence-corrected chi connectivity index (χ4v) is 8.81. The Morgan fingerprint density at radius 1 is 1.12 bits per heavy atom. The molecule has 0 bridgehead atoms. The van der Waals surface area contributed by atoms with Gasteiger partial charge >= 0.3 is 0 Å². The summed E-state index contributed by atoms with van der Waals surface area (Å²) >= 11 is 0. The second kappa shape index (κ2) is 5.13. The molecule has 6 atom stereocenters. The topological polar surface area (TPSA) is 26.3 Å². The number of hydrogen-bond donors (Lipinski definition) is 0. The van der Waals surface area contributed by atoms with Crippen molar-refractivity contribution in [3.63, 3.8) is 0 Å². The van der Waals surface area contributed by atoms with E-state index >= 15 is 0 Å². The molecular weight excluding hydrogens is 320 g/mol. The van der Waals surface area contributed by atoms with Crippen LogP contribution in [0.4, 0.5) is 0 Å². The van der Waals surface area contributed by atoms with Crippen LogP contribution in [0.25, 0.3) is 0 Å². The highest BCUT2D eigenvalue weighted by Crippen LogP contribution is 2.79. The fourth-order valence-electron chi connectivity index (χ4n) is 8.81. The molecule has 6 rings (SSSR count). The SMILES string of the molecule is CCC12CCC3C4CCC(=O)C=C4CCC3C1CC1(CC1)C21C=CCO1.